The van der Waals surface area contributed by atoms with Crippen LogP contribution in [0.4, 0.5) is 0 Å². The van der Waals surface area contributed by atoms with E-state index in [1.807, 2.05) is 14.2 Å². The van der Waals surface area contributed by atoms with Crippen LogP contribution in [0.25, 0.3) is 0 Å². The summed E-state index contributed by atoms with van der Waals surface area (Å²) in [5.74, 6) is 0.950. The van der Waals surface area contributed by atoms with Gasteiger partial charge in [-0.25, -0.2) is 0 Å². The van der Waals surface area contributed by atoms with Crippen LogP contribution in [0, 0.1) is 5.92 Å². The van der Waals surface area contributed by atoms with Crippen molar-refractivity contribution in [3.8, 4) is 0 Å². The summed E-state index contributed by atoms with van der Waals surface area (Å²) in [7, 11) is 3.68. The van der Waals surface area contributed by atoms with Gasteiger partial charge in [-0.05, 0) is 0 Å². The van der Waals surface area contributed by atoms with E-state index in [1.165, 1.54) is 57.2 Å². The molecule has 0 spiro atoms. The fraction of sp³-hybridized carbons (Fsp3) is 0.750. The first-order valence-electron chi connectivity index (χ1n) is 11.5. The van der Waals surface area contributed by atoms with Gasteiger partial charge in [0.15, 0.2) is 0 Å². The molecule has 1 aromatic rings. The molecule has 0 saturated carbocycles. The van der Waals surface area contributed by atoms with Crippen LogP contribution in [0.15, 0.2) is 30.3 Å². The molecule has 3 nitrogen and oxygen atoms in total. The van der Waals surface area contributed by atoms with Crippen molar-refractivity contribution in [2.75, 3.05) is 27.3 Å². The van der Waals surface area contributed by atoms with Crippen LogP contribution < -0.4 is 0 Å². The molecular weight excluding hydrogens is 449 g/mol. The number of benzene rings is 1. The van der Waals surface area contributed by atoms with Gasteiger partial charge in [-0.1, -0.05) is 0 Å². The second-order valence-corrected chi connectivity index (χ2v) is 13.5. The van der Waals surface area contributed by atoms with Gasteiger partial charge in [-0.15, -0.1) is 0 Å². The van der Waals surface area contributed by atoms with Gasteiger partial charge in [0, 0.05) is 0 Å². The molecule has 1 saturated heterocycles. The quantitative estimate of drug-likeness (QED) is 0.399. The molecule has 2 rings (SSSR count). The molecule has 3 unspecified atom stereocenters. The Bertz CT molecular complexity index is 505. The Morgan fingerprint density at radius 3 is 2.21 bits per heavy atom. The maximum absolute atomic E-state index is 5.75. The third-order valence-corrected chi connectivity index (χ3v) is 9.86. The average Bonchev–Trinajstić information content (AvgIpc) is 2.73. The van der Waals surface area contributed by atoms with E-state index in [9.17, 15) is 0 Å². The zero-order chi connectivity index (χ0) is 20.2. The standard InChI is InChI=1S/C24H40NO2.In.2H/c1-4-11-23(26-2)24(27-3)15-10-6-7-12-21-16-18-25(19-17-21)20-22-13-8-5-9-14-22;;;/h5-6,8-9,13-14,21,23-24H,4,7,10-12,15-20H2,1-3H3;;;. The number of hydrogen-bond donors (Lipinski definition) is 0. The van der Waals surface area contributed by atoms with E-state index in [1.54, 1.807) is 0 Å². The maximum atomic E-state index is 5.75. The molecule has 158 valence electrons. The average molecular weight is 491 g/mol. The molecule has 0 bridgehead atoms. The van der Waals surface area contributed by atoms with E-state index in [2.05, 4.69) is 42.2 Å². The van der Waals surface area contributed by atoms with Crippen molar-refractivity contribution in [3.05, 3.63) is 35.9 Å². The summed E-state index contributed by atoms with van der Waals surface area (Å²) in [4.78, 5) is 2.64. The van der Waals surface area contributed by atoms with Crippen molar-refractivity contribution in [2.45, 2.75) is 80.7 Å². The van der Waals surface area contributed by atoms with Crippen molar-refractivity contribution in [2.24, 2.45) is 5.92 Å². The van der Waals surface area contributed by atoms with Crippen LogP contribution >= 0.6 is 0 Å². The Morgan fingerprint density at radius 1 is 0.964 bits per heavy atom. The summed E-state index contributed by atoms with van der Waals surface area (Å²) in [6.07, 6.45) is 11.0. The molecule has 0 N–H and O–H groups in total. The summed E-state index contributed by atoms with van der Waals surface area (Å²) in [6, 6.07) is 10.9. The Hall–Kier alpha value is -0.0299. The SMILES string of the molecule is CCCC(OC)C(CC[CH]([InH2])CCC1CCN(Cc2ccccc2)CC1)OC. The zero-order valence-electron chi connectivity index (χ0n) is 18.7. The molecule has 0 aliphatic carbocycles. The second kappa shape index (κ2) is 14.1. The molecular formula is C24H42InNO2. The van der Waals surface area contributed by atoms with Crippen molar-refractivity contribution in [1.82, 2.24) is 4.90 Å². The van der Waals surface area contributed by atoms with Crippen LogP contribution in [0.1, 0.15) is 63.9 Å². The zero-order valence-corrected chi connectivity index (χ0v) is 24.4. The molecule has 3 atom stereocenters. The Morgan fingerprint density at radius 2 is 1.61 bits per heavy atom. The molecule has 4 heteroatoms. The minimum absolute atomic E-state index is 0.270. The van der Waals surface area contributed by atoms with Crippen molar-refractivity contribution < 1.29 is 9.47 Å². The molecule has 1 fully saturated rings. The Balaban J connectivity index is 1.62. The minimum atomic E-state index is 0.270. The molecule has 1 aliphatic heterocycles. The predicted molar refractivity (Wildman–Crippen MR) is 122 cm³/mol. The number of methoxy groups -OCH3 is 2. The number of rotatable bonds is 13. The van der Waals surface area contributed by atoms with Crippen molar-refractivity contribution in [3.63, 3.8) is 0 Å². The van der Waals surface area contributed by atoms with Gasteiger partial charge in [-0.3, -0.25) is 0 Å². The first-order valence-corrected chi connectivity index (χ1v) is 14.8. The molecule has 0 radical (unpaired) electrons. The van der Waals surface area contributed by atoms with Gasteiger partial charge in [-0.2, -0.15) is 0 Å². The van der Waals surface area contributed by atoms with Crippen LogP contribution in [0.5, 0.6) is 0 Å². The summed E-state index contributed by atoms with van der Waals surface area (Å²) in [5.41, 5.74) is 1.45. The summed E-state index contributed by atoms with van der Waals surface area (Å²) in [5, 5.41) is 0. The number of hydrogen-bond acceptors (Lipinski definition) is 3. The van der Waals surface area contributed by atoms with Crippen LogP contribution in [0.2, 0.25) is 3.67 Å². The molecule has 0 amide bonds. The van der Waals surface area contributed by atoms with Gasteiger partial charge < -0.3 is 0 Å². The number of likely N-dealkylation sites (tertiary alicyclic amines) is 1. The molecule has 1 heterocycles. The first-order chi connectivity index (χ1) is 13.7. The molecule has 1 aromatic carbocycles. The van der Waals surface area contributed by atoms with Crippen LogP contribution in [-0.4, -0.2) is 68.8 Å². The second-order valence-electron chi connectivity index (χ2n) is 8.80. The van der Waals surface area contributed by atoms with Gasteiger partial charge >= 0.3 is 189 Å². The summed E-state index contributed by atoms with van der Waals surface area (Å²) < 4.78 is 12.4. The normalized spacial score (nSPS) is 19.4. The van der Waals surface area contributed by atoms with Crippen molar-refractivity contribution >= 4 is 24.4 Å². The number of piperidine rings is 1. The third kappa shape index (κ3) is 8.77. The van der Waals surface area contributed by atoms with E-state index in [-0.39, 0.29) is 12.2 Å². The van der Waals surface area contributed by atoms with E-state index in [0.717, 1.165) is 53.4 Å². The van der Waals surface area contributed by atoms with E-state index in [0.29, 0.717) is 0 Å². The van der Waals surface area contributed by atoms with E-state index >= 15 is 0 Å². The molecule has 0 aromatic heterocycles. The van der Waals surface area contributed by atoms with Gasteiger partial charge in [0.1, 0.15) is 0 Å². The van der Waals surface area contributed by atoms with E-state index in [4.69, 9.17) is 9.47 Å². The van der Waals surface area contributed by atoms with Gasteiger partial charge in [0.2, 0.25) is 0 Å². The summed E-state index contributed by atoms with van der Waals surface area (Å²) in [6.45, 7) is 5.89. The topological polar surface area (TPSA) is 21.7 Å². The number of ether oxygens (including phenoxy) is 2. The molecule has 28 heavy (non-hydrogen) atoms. The van der Waals surface area contributed by atoms with E-state index < -0.39 is 0 Å². The van der Waals surface area contributed by atoms with Crippen LogP contribution in [0.3, 0.4) is 0 Å². The van der Waals surface area contributed by atoms with Gasteiger partial charge in [0.25, 0.3) is 0 Å². The predicted octanol–water partition coefficient (Wildman–Crippen LogP) is 4.71. The Labute approximate surface area is 188 Å². The fourth-order valence-corrected chi connectivity index (χ4v) is 6.49. The van der Waals surface area contributed by atoms with Gasteiger partial charge in [0.05, 0.1) is 0 Å². The third-order valence-electron chi connectivity index (χ3n) is 6.56. The van der Waals surface area contributed by atoms with Crippen molar-refractivity contribution in [1.29, 1.82) is 0 Å². The van der Waals surface area contributed by atoms with Crippen LogP contribution in [-0.2, 0) is 16.0 Å². The molecule has 1 aliphatic rings. The first kappa shape index (κ1) is 24.2. The Kier molecular flexibility index (Phi) is 12.2. The number of nitrogens with zero attached hydrogens (tertiary/aromatic N) is 1. The fourth-order valence-electron chi connectivity index (χ4n) is 4.58. The summed E-state index contributed by atoms with van der Waals surface area (Å²) >= 11 is 0.729. The monoisotopic (exact) mass is 491 g/mol.